The predicted octanol–water partition coefficient (Wildman–Crippen LogP) is 3.36. The van der Waals surface area contributed by atoms with Gasteiger partial charge in [0.25, 0.3) is 0 Å². The number of hydrogen-bond acceptors (Lipinski definition) is 4. The summed E-state index contributed by atoms with van der Waals surface area (Å²) in [5, 5.41) is 12.3. The molecular formula is C14H11ClN2O2S. The van der Waals surface area contributed by atoms with E-state index in [1.807, 2.05) is 6.07 Å². The van der Waals surface area contributed by atoms with Gasteiger partial charge in [-0.25, -0.2) is 8.42 Å². The Morgan fingerprint density at radius 3 is 2.30 bits per heavy atom. The quantitative estimate of drug-likeness (QED) is 0.944. The Bertz CT molecular complexity index is 778. The molecule has 1 N–H and O–H groups in total. The molecule has 0 bridgehead atoms. The molecule has 0 amide bonds. The van der Waals surface area contributed by atoms with Gasteiger partial charge in [-0.2, -0.15) is 5.26 Å². The van der Waals surface area contributed by atoms with E-state index in [9.17, 15) is 8.42 Å². The Labute approximate surface area is 122 Å². The van der Waals surface area contributed by atoms with Crippen molar-refractivity contribution in [3.8, 4) is 6.07 Å². The number of nitriles is 1. The summed E-state index contributed by atoms with van der Waals surface area (Å²) in [4.78, 5) is 0.258. The van der Waals surface area contributed by atoms with Crippen LogP contribution in [-0.2, 0) is 9.84 Å². The van der Waals surface area contributed by atoms with Crippen LogP contribution in [0.4, 0.5) is 11.4 Å². The van der Waals surface area contributed by atoms with Crippen LogP contribution in [0.1, 0.15) is 5.56 Å². The maximum absolute atomic E-state index is 11.4. The highest BCUT2D eigenvalue weighted by Gasteiger charge is 2.07. The second kappa shape index (κ2) is 5.53. The SMILES string of the molecule is CS(=O)(=O)c1ccc(Nc2ccc(C#N)cc2Cl)cc1. The van der Waals surface area contributed by atoms with Crippen LogP contribution in [-0.4, -0.2) is 14.7 Å². The molecule has 102 valence electrons. The van der Waals surface area contributed by atoms with Crippen molar-refractivity contribution < 1.29 is 8.42 Å². The number of nitrogens with one attached hydrogen (secondary N) is 1. The first-order chi connectivity index (χ1) is 9.40. The highest BCUT2D eigenvalue weighted by molar-refractivity contribution is 7.90. The number of benzene rings is 2. The predicted molar refractivity (Wildman–Crippen MR) is 79.0 cm³/mol. The van der Waals surface area contributed by atoms with Gasteiger partial charge in [0.15, 0.2) is 9.84 Å². The molecule has 0 atom stereocenters. The third kappa shape index (κ3) is 3.29. The van der Waals surface area contributed by atoms with Crippen molar-refractivity contribution in [2.75, 3.05) is 11.6 Å². The van der Waals surface area contributed by atoms with Crippen molar-refractivity contribution in [1.82, 2.24) is 0 Å². The van der Waals surface area contributed by atoms with E-state index in [-0.39, 0.29) is 4.90 Å². The monoisotopic (exact) mass is 306 g/mol. The van der Waals surface area contributed by atoms with E-state index < -0.39 is 9.84 Å². The zero-order valence-corrected chi connectivity index (χ0v) is 12.2. The number of rotatable bonds is 3. The third-order valence-corrected chi connectivity index (χ3v) is 4.10. The molecule has 0 aliphatic carbocycles. The lowest BCUT2D eigenvalue weighted by Crippen LogP contribution is -1.97. The molecule has 0 saturated carbocycles. The first-order valence-corrected chi connectivity index (χ1v) is 7.94. The lowest BCUT2D eigenvalue weighted by Gasteiger charge is -2.09. The minimum atomic E-state index is -3.20. The number of hydrogen-bond donors (Lipinski definition) is 1. The molecule has 0 aromatic heterocycles. The van der Waals surface area contributed by atoms with Crippen molar-refractivity contribution in [2.45, 2.75) is 4.90 Å². The fraction of sp³-hybridized carbons (Fsp3) is 0.0714. The summed E-state index contributed by atoms with van der Waals surface area (Å²) in [7, 11) is -3.20. The van der Waals surface area contributed by atoms with E-state index in [2.05, 4.69) is 5.32 Å². The first-order valence-electron chi connectivity index (χ1n) is 5.67. The van der Waals surface area contributed by atoms with Gasteiger partial charge in [0.05, 0.1) is 27.2 Å². The molecule has 4 nitrogen and oxygen atoms in total. The summed E-state index contributed by atoms with van der Waals surface area (Å²) in [6.07, 6.45) is 1.16. The van der Waals surface area contributed by atoms with Gasteiger partial charge in [0.1, 0.15) is 0 Å². The van der Waals surface area contributed by atoms with Crippen LogP contribution in [0.25, 0.3) is 0 Å². The van der Waals surface area contributed by atoms with E-state index in [1.54, 1.807) is 30.3 Å². The lowest BCUT2D eigenvalue weighted by molar-refractivity contribution is 0.602. The van der Waals surface area contributed by atoms with Gasteiger partial charge in [-0.15, -0.1) is 0 Å². The van der Waals surface area contributed by atoms with Crippen LogP contribution in [0.5, 0.6) is 0 Å². The Morgan fingerprint density at radius 2 is 1.80 bits per heavy atom. The summed E-state index contributed by atoms with van der Waals surface area (Å²) < 4.78 is 22.7. The van der Waals surface area contributed by atoms with Crippen LogP contribution in [0.3, 0.4) is 0 Å². The number of sulfone groups is 1. The molecule has 0 fully saturated rings. The molecule has 6 heteroatoms. The van der Waals surface area contributed by atoms with Crippen LogP contribution in [0.2, 0.25) is 5.02 Å². The van der Waals surface area contributed by atoms with E-state index in [1.165, 1.54) is 12.1 Å². The van der Waals surface area contributed by atoms with Gasteiger partial charge in [-0.05, 0) is 42.5 Å². The smallest absolute Gasteiger partial charge is 0.175 e. The van der Waals surface area contributed by atoms with Crippen molar-refractivity contribution in [1.29, 1.82) is 5.26 Å². The van der Waals surface area contributed by atoms with E-state index in [0.717, 1.165) is 6.26 Å². The van der Waals surface area contributed by atoms with Crippen LogP contribution in [0.15, 0.2) is 47.4 Å². The molecule has 0 aliphatic heterocycles. The summed E-state index contributed by atoms with van der Waals surface area (Å²) in [6.45, 7) is 0. The van der Waals surface area contributed by atoms with Crippen LogP contribution >= 0.6 is 11.6 Å². The minimum absolute atomic E-state index is 0.258. The molecule has 0 radical (unpaired) electrons. The summed E-state index contributed by atoms with van der Waals surface area (Å²) in [5.74, 6) is 0. The number of anilines is 2. The lowest BCUT2D eigenvalue weighted by atomic mass is 10.2. The second-order valence-corrected chi connectivity index (χ2v) is 6.65. The largest absolute Gasteiger partial charge is 0.354 e. The minimum Gasteiger partial charge on any atom is -0.354 e. The molecule has 0 saturated heterocycles. The Balaban J connectivity index is 2.25. The zero-order valence-electron chi connectivity index (χ0n) is 10.6. The van der Waals surface area contributed by atoms with Crippen molar-refractivity contribution >= 4 is 32.8 Å². The van der Waals surface area contributed by atoms with E-state index in [4.69, 9.17) is 16.9 Å². The molecule has 20 heavy (non-hydrogen) atoms. The average molecular weight is 307 g/mol. The van der Waals surface area contributed by atoms with Crippen molar-refractivity contribution in [3.63, 3.8) is 0 Å². The Morgan fingerprint density at radius 1 is 1.15 bits per heavy atom. The van der Waals surface area contributed by atoms with Crippen LogP contribution < -0.4 is 5.32 Å². The third-order valence-electron chi connectivity index (χ3n) is 2.66. The molecular weight excluding hydrogens is 296 g/mol. The summed E-state index contributed by atoms with van der Waals surface area (Å²) in [6, 6.07) is 13.3. The molecule has 2 aromatic carbocycles. The molecule has 2 aromatic rings. The fourth-order valence-electron chi connectivity index (χ4n) is 1.63. The topological polar surface area (TPSA) is 70.0 Å². The van der Waals surface area contributed by atoms with Gasteiger partial charge in [-0.3, -0.25) is 0 Å². The highest BCUT2D eigenvalue weighted by atomic mass is 35.5. The fourth-order valence-corrected chi connectivity index (χ4v) is 2.49. The van der Waals surface area contributed by atoms with E-state index >= 15 is 0 Å². The van der Waals surface area contributed by atoms with Crippen molar-refractivity contribution in [2.24, 2.45) is 0 Å². The van der Waals surface area contributed by atoms with E-state index in [0.29, 0.717) is 22.0 Å². The van der Waals surface area contributed by atoms with Crippen LogP contribution in [0, 0.1) is 11.3 Å². The van der Waals surface area contributed by atoms with Gasteiger partial charge in [0.2, 0.25) is 0 Å². The summed E-state index contributed by atoms with van der Waals surface area (Å²) in [5.41, 5.74) is 1.84. The second-order valence-electron chi connectivity index (χ2n) is 4.23. The average Bonchev–Trinajstić information content (AvgIpc) is 2.40. The molecule has 0 heterocycles. The number of halogens is 1. The Hall–Kier alpha value is -2.03. The standard InChI is InChI=1S/C14H11ClN2O2S/c1-20(18,19)12-5-3-11(4-6-12)17-14-7-2-10(9-16)8-13(14)15/h2-8,17H,1H3. The zero-order chi connectivity index (χ0) is 14.8. The normalized spacial score (nSPS) is 10.8. The maximum atomic E-state index is 11.4. The maximum Gasteiger partial charge on any atom is 0.175 e. The van der Waals surface area contributed by atoms with Gasteiger partial charge in [-0.1, -0.05) is 11.6 Å². The number of nitrogens with zero attached hydrogens (tertiary/aromatic N) is 1. The first kappa shape index (κ1) is 14.4. The van der Waals surface area contributed by atoms with Crippen molar-refractivity contribution in [3.05, 3.63) is 53.1 Å². The molecule has 0 spiro atoms. The van der Waals surface area contributed by atoms with Gasteiger partial charge < -0.3 is 5.32 Å². The summed E-state index contributed by atoms with van der Waals surface area (Å²) >= 11 is 6.05. The molecule has 2 rings (SSSR count). The van der Waals surface area contributed by atoms with Gasteiger partial charge in [0, 0.05) is 11.9 Å². The van der Waals surface area contributed by atoms with Gasteiger partial charge >= 0.3 is 0 Å². The highest BCUT2D eigenvalue weighted by Crippen LogP contribution is 2.26. The Kier molecular flexibility index (Phi) is 3.98. The molecule has 0 unspecified atom stereocenters. The molecule has 0 aliphatic rings.